The monoisotopic (exact) mass is 399 g/mol. The van der Waals surface area contributed by atoms with E-state index in [4.69, 9.17) is 0 Å². The second-order valence-corrected chi connectivity index (χ2v) is 8.96. The highest BCUT2D eigenvalue weighted by molar-refractivity contribution is 7.88. The maximum atomic E-state index is 13.1. The number of likely N-dealkylation sites (tertiary alicyclic amines) is 1. The number of piperidine rings is 1. The van der Waals surface area contributed by atoms with Crippen LogP contribution >= 0.6 is 0 Å². The Morgan fingerprint density at radius 1 is 1.07 bits per heavy atom. The lowest BCUT2D eigenvalue weighted by Gasteiger charge is -2.32. The van der Waals surface area contributed by atoms with Gasteiger partial charge < -0.3 is 9.88 Å². The van der Waals surface area contributed by atoms with Crippen LogP contribution < -0.4 is 10.2 Å². The third kappa shape index (κ3) is 3.53. The molecule has 146 valence electrons. The van der Waals surface area contributed by atoms with Crippen LogP contribution in [0, 0.1) is 0 Å². The maximum absolute atomic E-state index is 13.1. The van der Waals surface area contributed by atoms with Gasteiger partial charge in [-0.1, -0.05) is 18.2 Å². The molecule has 1 fully saturated rings. The minimum Gasteiger partial charge on any atom is -0.354 e. The number of rotatable bonds is 3. The fourth-order valence-corrected chi connectivity index (χ4v) is 4.64. The summed E-state index contributed by atoms with van der Waals surface area (Å²) in [6.07, 6.45) is 2.26. The molecule has 2 heterocycles. The molecule has 2 N–H and O–H groups in total. The van der Waals surface area contributed by atoms with Gasteiger partial charge in [-0.3, -0.25) is 9.59 Å². The van der Waals surface area contributed by atoms with E-state index in [9.17, 15) is 18.0 Å². The largest absolute Gasteiger partial charge is 0.354 e. The van der Waals surface area contributed by atoms with Crippen LogP contribution in [0.5, 0.6) is 0 Å². The number of aromatic nitrogens is 1. The molecule has 0 aliphatic carbocycles. The van der Waals surface area contributed by atoms with Gasteiger partial charge >= 0.3 is 0 Å². The molecule has 1 aliphatic heterocycles. The van der Waals surface area contributed by atoms with Gasteiger partial charge in [0, 0.05) is 35.4 Å². The quantitative estimate of drug-likeness (QED) is 0.657. The number of H-pyrrole nitrogens is 1. The van der Waals surface area contributed by atoms with Crippen molar-refractivity contribution in [2.75, 3.05) is 19.3 Å². The predicted molar refractivity (Wildman–Crippen MR) is 109 cm³/mol. The van der Waals surface area contributed by atoms with Gasteiger partial charge in [0.2, 0.25) is 10.0 Å². The van der Waals surface area contributed by atoms with Gasteiger partial charge in [-0.05, 0) is 37.1 Å². The topological polar surface area (TPSA) is 99.3 Å². The molecule has 0 unspecified atom stereocenters. The summed E-state index contributed by atoms with van der Waals surface area (Å²) in [7, 11) is -3.26. The first-order chi connectivity index (χ1) is 13.3. The number of aromatic amines is 1. The molecule has 0 bridgehead atoms. The van der Waals surface area contributed by atoms with E-state index < -0.39 is 10.0 Å². The molecular formula is C20H21N3O4S. The van der Waals surface area contributed by atoms with Gasteiger partial charge in [-0.15, -0.1) is 0 Å². The van der Waals surface area contributed by atoms with Gasteiger partial charge in [0.05, 0.1) is 17.3 Å². The average molecular weight is 399 g/mol. The molecule has 1 saturated heterocycles. The van der Waals surface area contributed by atoms with Crippen molar-refractivity contribution in [3.05, 3.63) is 58.3 Å². The van der Waals surface area contributed by atoms with Crippen LogP contribution in [-0.4, -0.2) is 49.6 Å². The van der Waals surface area contributed by atoms with E-state index >= 15 is 0 Å². The molecule has 1 aromatic heterocycles. The van der Waals surface area contributed by atoms with Crippen LogP contribution in [0.3, 0.4) is 0 Å². The van der Waals surface area contributed by atoms with Gasteiger partial charge in [-0.25, -0.2) is 13.1 Å². The first-order valence-corrected chi connectivity index (χ1v) is 11.0. The summed E-state index contributed by atoms with van der Waals surface area (Å²) in [5.74, 6) is -0.158. The lowest BCUT2D eigenvalue weighted by atomic mass is 10.0. The normalized spacial score (nSPS) is 16.0. The summed E-state index contributed by atoms with van der Waals surface area (Å²) >= 11 is 0. The minimum atomic E-state index is -3.26. The van der Waals surface area contributed by atoms with Crippen molar-refractivity contribution in [2.24, 2.45) is 0 Å². The molecule has 28 heavy (non-hydrogen) atoms. The molecule has 4 rings (SSSR count). The molecular weight excluding hydrogens is 378 g/mol. The molecule has 1 aliphatic rings. The zero-order valence-corrected chi connectivity index (χ0v) is 16.3. The van der Waals surface area contributed by atoms with E-state index in [2.05, 4.69) is 9.71 Å². The number of nitrogens with one attached hydrogen (secondary N) is 2. The lowest BCUT2D eigenvalue weighted by Crippen LogP contribution is -2.46. The van der Waals surface area contributed by atoms with Crippen molar-refractivity contribution < 1.29 is 13.2 Å². The van der Waals surface area contributed by atoms with Gasteiger partial charge in [0.1, 0.15) is 0 Å². The number of pyridine rings is 1. The van der Waals surface area contributed by atoms with Gasteiger partial charge in [0.25, 0.3) is 5.91 Å². The third-order valence-corrected chi connectivity index (χ3v) is 5.90. The summed E-state index contributed by atoms with van der Waals surface area (Å²) in [5, 5.41) is 1.07. The Morgan fingerprint density at radius 3 is 2.46 bits per heavy atom. The molecule has 7 nitrogen and oxygen atoms in total. The molecule has 8 heteroatoms. The summed E-state index contributed by atoms with van der Waals surface area (Å²) in [5.41, 5.74) is 1.58. The number of para-hydroxylation sites is 2. The molecule has 0 atom stereocenters. The number of nitrogens with zero attached hydrogens (tertiary/aromatic N) is 1. The molecule has 2 aromatic carbocycles. The smallest absolute Gasteiger partial charge is 0.255 e. The Kier molecular flexibility index (Phi) is 4.68. The third-order valence-electron chi connectivity index (χ3n) is 5.13. The van der Waals surface area contributed by atoms with Crippen LogP contribution in [0.2, 0.25) is 0 Å². The summed E-state index contributed by atoms with van der Waals surface area (Å²) in [4.78, 5) is 30.9. The number of fused-ring (bicyclic) bond motifs is 2. The van der Waals surface area contributed by atoms with E-state index in [1.807, 2.05) is 18.2 Å². The number of hydrogen-bond acceptors (Lipinski definition) is 4. The van der Waals surface area contributed by atoms with Crippen molar-refractivity contribution in [1.82, 2.24) is 14.6 Å². The van der Waals surface area contributed by atoms with Crippen molar-refractivity contribution in [3.63, 3.8) is 0 Å². The standard InChI is InChI=1S/C20H21N3O4S/c1-28(26,27)22-13-9-11-23(12-10-13)20(25)16-7-4-6-15-18(16)21-17-8-3-2-5-14(17)19(15)24/h2-8,13,22H,9-12H2,1H3,(H,21,24). The molecule has 0 saturated carbocycles. The Morgan fingerprint density at radius 2 is 1.75 bits per heavy atom. The van der Waals surface area contributed by atoms with Crippen molar-refractivity contribution >= 4 is 37.7 Å². The van der Waals surface area contributed by atoms with Gasteiger partial charge in [-0.2, -0.15) is 0 Å². The zero-order chi connectivity index (χ0) is 19.9. The predicted octanol–water partition coefficient (Wildman–Crippen LogP) is 1.84. The fourth-order valence-electron chi connectivity index (χ4n) is 3.80. The summed E-state index contributed by atoms with van der Waals surface area (Å²) < 4.78 is 25.4. The van der Waals surface area contributed by atoms with E-state index in [1.165, 1.54) is 0 Å². The Labute approximate surface area is 162 Å². The number of hydrogen-bond donors (Lipinski definition) is 2. The Balaban J connectivity index is 1.66. The number of amides is 1. The van der Waals surface area contributed by atoms with E-state index in [-0.39, 0.29) is 17.4 Å². The summed E-state index contributed by atoms with van der Waals surface area (Å²) in [6.45, 7) is 0.917. The van der Waals surface area contributed by atoms with Crippen LogP contribution in [0.25, 0.3) is 21.8 Å². The zero-order valence-electron chi connectivity index (χ0n) is 15.4. The van der Waals surface area contributed by atoms with Crippen molar-refractivity contribution in [2.45, 2.75) is 18.9 Å². The SMILES string of the molecule is CS(=O)(=O)NC1CCN(C(=O)c2cccc3c(=O)c4ccccc4[nH]c23)CC1. The first-order valence-electron chi connectivity index (χ1n) is 9.14. The Bertz CT molecular complexity index is 1230. The molecule has 3 aromatic rings. The maximum Gasteiger partial charge on any atom is 0.255 e. The lowest BCUT2D eigenvalue weighted by molar-refractivity contribution is 0.0713. The first kappa shape index (κ1) is 18.6. The second-order valence-electron chi connectivity index (χ2n) is 7.18. The van der Waals surface area contributed by atoms with Crippen LogP contribution in [-0.2, 0) is 10.0 Å². The highest BCUT2D eigenvalue weighted by Gasteiger charge is 2.26. The van der Waals surface area contributed by atoms with Crippen molar-refractivity contribution in [1.29, 1.82) is 0 Å². The molecule has 0 radical (unpaired) electrons. The van der Waals surface area contributed by atoms with Crippen LogP contribution in [0.15, 0.2) is 47.3 Å². The Hall–Kier alpha value is -2.71. The second kappa shape index (κ2) is 7.03. The van der Waals surface area contributed by atoms with E-state index in [1.54, 1.807) is 29.2 Å². The number of benzene rings is 2. The number of sulfonamides is 1. The highest BCUT2D eigenvalue weighted by Crippen LogP contribution is 2.21. The minimum absolute atomic E-state index is 0.102. The highest BCUT2D eigenvalue weighted by atomic mass is 32.2. The van der Waals surface area contributed by atoms with Gasteiger partial charge in [0.15, 0.2) is 5.43 Å². The summed E-state index contributed by atoms with van der Waals surface area (Å²) in [6, 6.07) is 12.2. The molecule has 1 amide bonds. The average Bonchev–Trinajstić information content (AvgIpc) is 2.67. The number of carbonyl (C=O) groups is 1. The van der Waals surface area contributed by atoms with Crippen LogP contribution in [0.4, 0.5) is 0 Å². The van der Waals surface area contributed by atoms with E-state index in [0.717, 1.165) is 6.26 Å². The van der Waals surface area contributed by atoms with E-state index in [0.29, 0.717) is 53.3 Å². The van der Waals surface area contributed by atoms with Crippen molar-refractivity contribution in [3.8, 4) is 0 Å². The van der Waals surface area contributed by atoms with Crippen LogP contribution in [0.1, 0.15) is 23.2 Å². The number of carbonyl (C=O) groups excluding carboxylic acids is 1. The molecule has 0 spiro atoms. The fraction of sp³-hybridized carbons (Fsp3) is 0.300.